The standard InChI is InChI=1S/C14H16ClN3O/c15-12-6-4-11(5-7-12)14-17-16-13(19-14)10-18-8-2-1-3-9-18/h4-7H,1-3,8-10H2. The molecule has 2 heterocycles. The van der Waals surface area contributed by atoms with Gasteiger partial charge in [-0.2, -0.15) is 0 Å². The fourth-order valence-corrected chi connectivity index (χ4v) is 2.46. The van der Waals surface area contributed by atoms with Crippen LogP contribution in [0, 0.1) is 0 Å². The molecule has 2 aromatic rings. The first-order chi connectivity index (χ1) is 9.31. The number of aromatic nitrogens is 2. The van der Waals surface area contributed by atoms with Gasteiger partial charge in [0.1, 0.15) is 0 Å². The number of rotatable bonds is 3. The van der Waals surface area contributed by atoms with E-state index in [9.17, 15) is 0 Å². The molecule has 3 rings (SSSR count). The number of halogens is 1. The number of hydrogen-bond donors (Lipinski definition) is 0. The molecule has 1 aliphatic rings. The summed E-state index contributed by atoms with van der Waals surface area (Å²) in [6.07, 6.45) is 3.85. The highest BCUT2D eigenvalue weighted by atomic mass is 35.5. The van der Waals surface area contributed by atoms with Crippen LogP contribution in [-0.4, -0.2) is 28.2 Å². The lowest BCUT2D eigenvalue weighted by Gasteiger charge is -2.24. The van der Waals surface area contributed by atoms with E-state index in [0.717, 1.165) is 25.2 Å². The van der Waals surface area contributed by atoms with Gasteiger partial charge >= 0.3 is 0 Å². The van der Waals surface area contributed by atoms with Gasteiger partial charge in [-0.3, -0.25) is 4.90 Å². The minimum absolute atomic E-state index is 0.559. The molecule has 0 saturated carbocycles. The minimum atomic E-state index is 0.559. The third-order valence-electron chi connectivity index (χ3n) is 3.37. The number of nitrogens with zero attached hydrogens (tertiary/aromatic N) is 3. The molecule has 19 heavy (non-hydrogen) atoms. The summed E-state index contributed by atoms with van der Waals surface area (Å²) < 4.78 is 5.71. The lowest BCUT2D eigenvalue weighted by atomic mass is 10.1. The predicted octanol–water partition coefficient (Wildman–Crippen LogP) is 3.38. The lowest BCUT2D eigenvalue weighted by molar-refractivity contribution is 0.202. The highest BCUT2D eigenvalue weighted by molar-refractivity contribution is 6.30. The first kappa shape index (κ1) is 12.6. The van der Waals surface area contributed by atoms with Gasteiger partial charge in [0.15, 0.2) is 0 Å². The molecule has 5 heteroatoms. The fraction of sp³-hybridized carbons (Fsp3) is 0.429. The predicted molar refractivity (Wildman–Crippen MR) is 73.9 cm³/mol. The zero-order chi connectivity index (χ0) is 13.1. The second-order valence-corrected chi connectivity index (χ2v) is 5.28. The second-order valence-electron chi connectivity index (χ2n) is 4.84. The Morgan fingerprint density at radius 3 is 2.53 bits per heavy atom. The van der Waals surface area contributed by atoms with Crippen molar-refractivity contribution in [1.29, 1.82) is 0 Å². The highest BCUT2D eigenvalue weighted by Crippen LogP contribution is 2.21. The first-order valence-electron chi connectivity index (χ1n) is 6.62. The van der Waals surface area contributed by atoms with E-state index in [1.54, 1.807) is 0 Å². The van der Waals surface area contributed by atoms with Crippen LogP contribution in [0.5, 0.6) is 0 Å². The van der Waals surface area contributed by atoms with Crippen LogP contribution in [-0.2, 0) is 6.54 Å². The number of piperidine rings is 1. The van der Waals surface area contributed by atoms with Gasteiger partial charge in [0, 0.05) is 10.6 Å². The van der Waals surface area contributed by atoms with Crippen LogP contribution in [0.1, 0.15) is 25.2 Å². The van der Waals surface area contributed by atoms with Crippen molar-refractivity contribution in [2.75, 3.05) is 13.1 Å². The minimum Gasteiger partial charge on any atom is -0.419 e. The molecule has 0 unspecified atom stereocenters. The van der Waals surface area contributed by atoms with Crippen molar-refractivity contribution in [3.8, 4) is 11.5 Å². The largest absolute Gasteiger partial charge is 0.419 e. The van der Waals surface area contributed by atoms with Gasteiger partial charge in [-0.1, -0.05) is 18.0 Å². The van der Waals surface area contributed by atoms with Crippen molar-refractivity contribution in [2.45, 2.75) is 25.8 Å². The van der Waals surface area contributed by atoms with Crippen molar-refractivity contribution in [3.05, 3.63) is 35.2 Å². The van der Waals surface area contributed by atoms with Crippen molar-refractivity contribution in [1.82, 2.24) is 15.1 Å². The summed E-state index contributed by atoms with van der Waals surface area (Å²) in [5, 5.41) is 8.92. The number of benzene rings is 1. The van der Waals surface area contributed by atoms with Crippen LogP contribution >= 0.6 is 11.6 Å². The SMILES string of the molecule is Clc1ccc(-c2nnc(CN3CCCCC3)o2)cc1. The van der Waals surface area contributed by atoms with Crippen LogP contribution in [0.15, 0.2) is 28.7 Å². The molecule has 0 bridgehead atoms. The van der Waals surface area contributed by atoms with Crippen LogP contribution in [0.25, 0.3) is 11.5 Å². The van der Waals surface area contributed by atoms with Crippen LogP contribution in [0.3, 0.4) is 0 Å². The van der Waals surface area contributed by atoms with Crippen LogP contribution in [0.4, 0.5) is 0 Å². The number of hydrogen-bond acceptors (Lipinski definition) is 4. The fourth-order valence-electron chi connectivity index (χ4n) is 2.34. The van der Waals surface area contributed by atoms with E-state index in [-0.39, 0.29) is 0 Å². The Bertz CT molecular complexity index is 532. The molecule has 100 valence electrons. The van der Waals surface area contributed by atoms with Crippen molar-refractivity contribution < 1.29 is 4.42 Å². The van der Waals surface area contributed by atoms with Gasteiger partial charge in [0.2, 0.25) is 11.8 Å². The lowest BCUT2D eigenvalue weighted by Crippen LogP contribution is -2.29. The van der Waals surface area contributed by atoms with Crippen molar-refractivity contribution in [3.63, 3.8) is 0 Å². The Kier molecular flexibility index (Phi) is 3.80. The van der Waals surface area contributed by atoms with Crippen LogP contribution in [0.2, 0.25) is 5.02 Å². The van der Waals surface area contributed by atoms with Gasteiger partial charge in [0.25, 0.3) is 0 Å². The molecule has 0 atom stereocenters. The van der Waals surface area contributed by atoms with Crippen LogP contribution < -0.4 is 0 Å². The van der Waals surface area contributed by atoms with Gasteiger partial charge in [-0.25, -0.2) is 0 Å². The van der Waals surface area contributed by atoms with Gasteiger partial charge < -0.3 is 4.42 Å². The summed E-state index contributed by atoms with van der Waals surface area (Å²) in [6, 6.07) is 7.43. The van der Waals surface area contributed by atoms with E-state index < -0.39 is 0 Å². The molecule has 1 saturated heterocycles. The molecule has 0 N–H and O–H groups in total. The summed E-state index contributed by atoms with van der Waals surface area (Å²) >= 11 is 5.86. The molecular formula is C14H16ClN3O. The topological polar surface area (TPSA) is 42.2 Å². The van der Waals surface area contributed by atoms with E-state index in [0.29, 0.717) is 16.8 Å². The summed E-state index contributed by atoms with van der Waals surface area (Å²) in [5.74, 6) is 1.25. The highest BCUT2D eigenvalue weighted by Gasteiger charge is 2.15. The molecule has 1 fully saturated rings. The maximum absolute atomic E-state index is 5.86. The maximum Gasteiger partial charge on any atom is 0.247 e. The molecule has 1 aliphatic heterocycles. The Morgan fingerprint density at radius 1 is 1.05 bits per heavy atom. The molecule has 0 amide bonds. The summed E-state index contributed by atoms with van der Waals surface area (Å²) in [5.41, 5.74) is 0.904. The molecule has 0 aliphatic carbocycles. The van der Waals surface area contributed by atoms with Gasteiger partial charge in [-0.05, 0) is 50.2 Å². The van der Waals surface area contributed by atoms with E-state index in [1.807, 2.05) is 24.3 Å². The van der Waals surface area contributed by atoms with Gasteiger partial charge in [0.05, 0.1) is 6.54 Å². The third kappa shape index (κ3) is 3.14. The summed E-state index contributed by atoms with van der Waals surface area (Å²) in [7, 11) is 0. The van der Waals surface area contributed by atoms with E-state index in [2.05, 4.69) is 15.1 Å². The Hall–Kier alpha value is -1.39. The summed E-state index contributed by atoms with van der Waals surface area (Å²) in [6.45, 7) is 3.00. The normalized spacial score (nSPS) is 16.7. The number of likely N-dealkylation sites (tertiary alicyclic amines) is 1. The zero-order valence-corrected chi connectivity index (χ0v) is 11.4. The zero-order valence-electron chi connectivity index (χ0n) is 10.7. The van der Waals surface area contributed by atoms with Crippen molar-refractivity contribution in [2.24, 2.45) is 0 Å². The van der Waals surface area contributed by atoms with Gasteiger partial charge in [-0.15, -0.1) is 10.2 Å². The first-order valence-corrected chi connectivity index (χ1v) is 7.00. The van der Waals surface area contributed by atoms with E-state index in [4.69, 9.17) is 16.0 Å². The second kappa shape index (κ2) is 5.72. The molecule has 1 aromatic carbocycles. The Labute approximate surface area is 117 Å². The summed E-state index contributed by atoms with van der Waals surface area (Å²) in [4.78, 5) is 2.36. The van der Waals surface area contributed by atoms with E-state index in [1.165, 1.54) is 19.3 Å². The maximum atomic E-state index is 5.86. The van der Waals surface area contributed by atoms with Crippen molar-refractivity contribution >= 4 is 11.6 Å². The third-order valence-corrected chi connectivity index (χ3v) is 3.62. The molecule has 0 radical (unpaired) electrons. The van der Waals surface area contributed by atoms with E-state index >= 15 is 0 Å². The molecule has 1 aromatic heterocycles. The quantitative estimate of drug-likeness (QED) is 0.863. The smallest absolute Gasteiger partial charge is 0.247 e. The molecule has 4 nitrogen and oxygen atoms in total. The molecule has 0 spiro atoms. The monoisotopic (exact) mass is 277 g/mol. The Morgan fingerprint density at radius 2 is 1.79 bits per heavy atom. The molecular weight excluding hydrogens is 262 g/mol. The Balaban J connectivity index is 1.70. The average Bonchev–Trinajstić information content (AvgIpc) is 2.89. The average molecular weight is 278 g/mol.